The predicted molar refractivity (Wildman–Crippen MR) is 118 cm³/mol. The van der Waals surface area contributed by atoms with Crippen molar-refractivity contribution < 1.29 is 9.47 Å². The van der Waals surface area contributed by atoms with Gasteiger partial charge in [-0.25, -0.2) is 4.98 Å². The molecule has 2 aromatic rings. The highest BCUT2D eigenvalue weighted by atomic mass is 32.1. The summed E-state index contributed by atoms with van der Waals surface area (Å²) in [5.41, 5.74) is 1.98. The first-order valence-electron chi connectivity index (χ1n) is 10.1. The van der Waals surface area contributed by atoms with E-state index in [1.165, 1.54) is 19.3 Å². The van der Waals surface area contributed by atoms with Crippen molar-refractivity contribution in [3.8, 4) is 11.5 Å². The van der Waals surface area contributed by atoms with E-state index in [0.717, 1.165) is 35.1 Å². The van der Waals surface area contributed by atoms with E-state index in [1.54, 1.807) is 0 Å². The maximum absolute atomic E-state index is 5.63. The van der Waals surface area contributed by atoms with Crippen molar-refractivity contribution in [2.75, 3.05) is 30.0 Å². The molecule has 0 amide bonds. The van der Waals surface area contributed by atoms with Crippen LogP contribution in [-0.2, 0) is 6.54 Å². The van der Waals surface area contributed by atoms with Crippen LogP contribution in [0.4, 0.5) is 11.8 Å². The summed E-state index contributed by atoms with van der Waals surface area (Å²) in [5, 5.41) is 6.83. The molecule has 0 aliphatic carbocycles. The molecule has 8 heteroatoms. The number of thiocarbonyl (C=S) groups is 1. The maximum atomic E-state index is 5.63. The summed E-state index contributed by atoms with van der Waals surface area (Å²) >= 11 is 5.45. The molecule has 0 unspecified atom stereocenters. The van der Waals surface area contributed by atoms with Gasteiger partial charge in [0.15, 0.2) is 16.6 Å². The van der Waals surface area contributed by atoms with E-state index in [4.69, 9.17) is 26.7 Å². The summed E-state index contributed by atoms with van der Waals surface area (Å²) in [6, 6.07) is 8.44. The number of aryl methyl sites for hydroxylation is 1. The minimum absolute atomic E-state index is 0.489. The summed E-state index contributed by atoms with van der Waals surface area (Å²) in [6.07, 6.45) is 3.67. The van der Waals surface area contributed by atoms with E-state index >= 15 is 0 Å². The summed E-state index contributed by atoms with van der Waals surface area (Å²) in [6.45, 7) is 7.01. The lowest BCUT2D eigenvalue weighted by atomic mass is 10.0. The maximum Gasteiger partial charge on any atom is 0.231 e. The van der Waals surface area contributed by atoms with Crippen LogP contribution in [0.5, 0.6) is 11.5 Å². The minimum Gasteiger partial charge on any atom is -0.486 e. The Labute approximate surface area is 176 Å². The summed E-state index contributed by atoms with van der Waals surface area (Å²) < 4.78 is 11.2. The van der Waals surface area contributed by atoms with Crippen molar-refractivity contribution >= 4 is 29.1 Å². The highest BCUT2D eigenvalue weighted by Gasteiger charge is 2.20. The zero-order chi connectivity index (χ0) is 20.2. The molecule has 2 aliphatic heterocycles. The standard InChI is InChI=1S/C21H27N5O2S/c1-14-11-19(26-8-4-3-5-15(26)2)24-20(23-14)25-21(29)22-13-16-6-7-17-18(12-16)28-10-9-27-17/h6-7,11-12,15H,3-5,8-10,13H2,1-2H3,(H2,22,23,24,25,29)/t15-/m1/s1. The van der Waals surface area contributed by atoms with Crippen molar-refractivity contribution in [2.24, 2.45) is 0 Å². The topological polar surface area (TPSA) is 71.5 Å². The average Bonchev–Trinajstić information content (AvgIpc) is 2.72. The smallest absolute Gasteiger partial charge is 0.231 e. The van der Waals surface area contributed by atoms with Gasteiger partial charge in [-0.05, 0) is 63.0 Å². The van der Waals surface area contributed by atoms with Gasteiger partial charge in [0.05, 0.1) is 0 Å². The van der Waals surface area contributed by atoms with Crippen LogP contribution in [0.2, 0.25) is 0 Å². The molecule has 3 heterocycles. The fraction of sp³-hybridized carbons (Fsp3) is 0.476. The van der Waals surface area contributed by atoms with Crippen LogP contribution < -0.4 is 25.0 Å². The van der Waals surface area contributed by atoms with E-state index in [-0.39, 0.29) is 0 Å². The molecule has 29 heavy (non-hydrogen) atoms. The number of piperidine rings is 1. The first-order chi connectivity index (χ1) is 14.1. The number of hydrogen-bond acceptors (Lipinski definition) is 6. The Morgan fingerprint density at radius 1 is 1.17 bits per heavy atom. The second-order valence-electron chi connectivity index (χ2n) is 7.52. The molecule has 0 radical (unpaired) electrons. The second-order valence-corrected chi connectivity index (χ2v) is 7.92. The number of fused-ring (bicyclic) bond motifs is 1. The Kier molecular flexibility index (Phi) is 5.99. The van der Waals surface area contributed by atoms with Crippen LogP contribution in [0.1, 0.15) is 37.4 Å². The molecule has 1 saturated heterocycles. The van der Waals surface area contributed by atoms with Gasteiger partial charge in [0.25, 0.3) is 0 Å². The number of rotatable bonds is 4. The monoisotopic (exact) mass is 413 g/mol. The van der Waals surface area contributed by atoms with Gasteiger partial charge in [-0.2, -0.15) is 4.98 Å². The van der Waals surface area contributed by atoms with Gasteiger partial charge >= 0.3 is 0 Å². The molecule has 4 rings (SSSR count). The van der Waals surface area contributed by atoms with Crippen molar-refractivity contribution in [3.05, 3.63) is 35.5 Å². The fourth-order valence-electron chi connectivity index (χ4n) is 3.72. The Bertz CT molecular complexity index is 891. The van der Waals surface area contributed by atoms with E-state index < -0.39 is 0 Å². The summed E-state index contributed by atoms with van der Waals surface area (Å²) in [4.78, 5) is 11.5. The number of anilines is 2. The van der Waals surface area contributed by atoms with Gasteiger partial charge in [0.1, 0.15) is 19.0 Å². The molecule has 1 aromatic heterocycles. The van der Waals surface area contributed by atoms with Crippen LogP contribution >= 0.6 is 12.2 Å². The number of ether oxygens (including phenoxy) is 2. The number of nitrogens with zero attached hydrogens (tertiary/aromatic N) is 3. The van der Waals surface area contributed by atoms with E-state index in [9.17, 15) is 0 Å². The summed E-state index contributed by atoms with van der Waals surface area (Å²) in [7, 11) is 0. The highest BCUT2D eigenvalue weighted by Crippen LogP contribution is 2.30. The van der Waals surface area contributed by atoms with Gasteiger partial charge in [-0.3, -0.25) is 0 Å². The normalized spacial score (nSPS) is 18.3. The lowest BCUT2D eigenvalue weighted by Gasteiger charge is -2.34. The zero-order valence-corrected chi connectivity index (χ0v) is 17.7. The summed E-state index contributed by atoms with van der Waals surface area (Å²) in [5.74, 6) is 3.05. The zero-order valence-electron chi connectivity index (χ0n) is 16.9. The molecule has 0 saturated carbocycles. The molecular formula is C21H27N5O2S. The van der Waals surface area contributed by atoms with Crippen molar-refractivity contribution in [1.82, 2.24) is 15.3 Å². The average molecular weight is 414 g/mol. The van der Waals surface area contributed by atoms with Gasteiger partial charge in [-0.1, -0.05) is 6.07 Å². The van der Waals surface area contributed by atoms with Crippen LogP contribution in [0.15, 0.2) is 24.3 Å². The Morgan fingerprint density at radius 3 is 2.83 bits per heavy atom. The predicted octanol–water partition coefficient (Wildman–Crippen LogP) is 3.42. The van der Waals surface area contributed by atoms with E-state index in [0.29, 0.717) is 36.9 Å². The third-order valence-corrected chi connectivity index (χ3v) is 5.47. The lowest BCUT2D eigenvalue weighted by Crippen LogP contribution is -2.38. The number of hydrogen-bond donors (Lipinski definition) is 2. The molecule has 0 bridgehead atoms. The van der Waals surface area contributed by atoms with Gasteiger partial charge < -0.3 is 25.0 Å². The SMILES string of the molecule is Cc1cc(N2CCCC[C@H]2C)nc(NC(=S)NCc2ccc3c(c2)OCCO3)n1. The van der Waals surface area contributed by atoms with E-state index in [1.807, 2.05) is 31.2 Å². The Morgan fingerprint density at radius 2 is 2.00 bits per heavy atom. The quantitative estimate of drug-likeness (QED) is 0.739. The molecule has 154 valence electrons. The number of nitrogens with one attached hydrogen (secondary N) is 2. The molecule has 1 aromatic carbocycles. The van der Waals surface area contributed by atoms with Crippen molar-refractivity contribution in [1.29, 1.82) is 0 Å². The molecular weight excluding hydrogens is 386 g/mol. The van der Waals surface area contributed by atoms with Crippen LogP contribution in [-0.4, -0.2) is 40.9 Å². The molecule has 7 nitrogen and oxygen atoms in total. The van der Waals surface area contributed by atoms with Crippen LogP contribution in [0.25, 0.3) is 0 Å². The minimum atomic E-state index is 0.489. The number of aromatic nitrogens is 2. The Hall–Kier alpha value is -2.61. The molecule has 1 atom stereocenters. The first-order valence-corrected chi connectivity index (χ1v) is 10.5. The van der Waals surface area contributed by atoms with Gasteiger partial charge in [-0.15, -0.1) is 0 Å². The van der Waals surface area contributed by atoms with Crippen molar-refractivity contribution in [3.63, 3.8) is 0 Å². The molecule has 2 N–H and O–H groups in total. The molecule has 2 aliphatic rings. The van der Waals surface area contributed by atoms with Crippen LogP contribution in [0, 0.1) is 6.92 Å². The fourth-order valence-corrected chi connectivity index (χ4v) is 3.88. The molecule has 0 spiro atoms. The third-order valence-electron chi connectivity index (χ3n) is 5.22. The first kappa shape index (κ1) is 19.7. The van der Waals surface area contributed by atoms with E-state index in [2.05, 4.69) is 27.4 Å². The van der Waals surface area contributed by atoms with Crippen molar-refractivity contribution in [2.45, 2.75) is 45.7 Å². The van der Waals surface area contributed by atoms with Gasteiger partial charge in [0.2, 0.25) is 5.95 Å². The second kappa shape index (κ2) is 8.82. The largest absolute Gasteiger partial charge is 0.486 e. The van der Waals surface area contributed by atoms with Gasteiger partial charge in [0, 0.05) is 30.9 Å². The highest BCUT2D eigenvalue weighted by molar-refractivity contribution is 7.80. The number of benzene rings is 1. The third kappa shape index (κ3) is 4.87. The lowest BCUT2D eigenvalue weighted by molar-refractivity contribution is 0.171. The molecule has 1 fully saturated rings. The van der Waals surface area contributed by atoms with Crippen LogP contribution in [0.3, 0.4) is 0 Å². The Balaban J connectivity index is 1.38.